The summed E-state index contributed by atoms with van der Waals surface area (Å²) in [5, 5.41) is 14.6. The van der Waals surface area contributed by atoms with Gasteiger partial charge in [-0.3, -0.25) is 0 Å². The van der Waals surface area contributed by atoms with Crippen LogP contribution < -0.4 is 5.32 Å². The number of anilines is 1. The molecule has 0 amide bonds. The van der Waals surface area contributed by atoms with Gasteiger partial charge in [-0.25, -0.2) is 0 Å². The number of halogens is 3. The van der Waals surface area contributed by atoms with E-state index >= 15 is 0 Å². The van der Waals surface area contributed by atoms with E-state index in [4.69, 9.17) is 0 Å². The molecule has 4 atom stereocenters. The van der Waals surface area contributed by atoms with Gasteiger partial charge < -0.3 is 5.32 Å². The minimum Gasteiger partial charge on any atom is -0.365 e. The molecular weight excluding hydrogens is 319 g/mol. The second kappa shape index (κ2) is 4.40. The van der Waals surface area contributed by atoms with Crippen molar-refractivity contribution < 1.29 is 13.2 Å². The Kier molecular flexibility index (Phi) is 2.66. The van der Waals surface area contributed by atoms with Crippen LogP contribution in [0.25, 0.3) is 5.65 Å². The fraction of sp³-hybridized carbons (Fsp3) is 0.688. The first-order chi connectivity index (χ1) is 11.4. The zero-order valence-corrected chi connectivity index (χ0v) is 13.4. The van der Waals surface area contributed by atoms with E-state index < -0.39 is 12.0 Å². The zero-order valence-electron chi connectivity index (χ0n) is 13.4. The molecule has 2 bridgehead atoms. The minimum atomic E-state index is -4.57. The van der Waals surface area contributed by atoms with Gasteiger partial charge in [0.1, 0.15) is 0 Å². The first-order valence-corrected chi connectivity index (χ1v) is 8.42. The normalized spacial score (nSPS) is 34.0. The van der Waals surface area contributed by atoms with Crippen LogP contribution in [-0.2, 0) is 6.18 Å². The van der Waals surface area contributed by atoms with Crippen LogP contribution in [0, 0.1) is 37.5 Å². The first kappa shape index (κ1) is 14.5. The van der Waals surface area contributed by atoms with Gasteiger partial charge in [0.25, 0.3) is 5.82 Å². The van der Waals surface area contributed by atoms with Crippen LogP contribution in [-0.4, -0.2) is 25.9 Å². The van der Waals surface area contributed by atoms with Crippen molar-refractivity contribution in [2.24, 2.45) is 23.7 Å². The van der Waals surface area contributed by atoms with Crippen molar-refractivity contribution >= 4 is 11.5 Å². The average Bonchev–Trinajstić information content (AvgIpc) is 2.90. The molecule has 0 aromatic carbocycles. The molecule has 2 heterocycles. The van der Waals surface area contributed by atoms with Gasteiger partial charge in [-0.2, -0.15) is 17.7 Å². The fourth-order valence-electron chi connectivity index (χ4n) is 5.12. The topological polar surface area (TPSA) is 55.1 Å². The Bertz CT molecular complexity index is 826. The second-order valence-corrected chi connectivity index (χ2v) is 7.51. The Hall–Kier alpha value is -1.86. The summed E-state index contributed by atoms with van der Waals surface area (Å²) in [5.41, 5.74) is 1.70. The summed E-state index contributed by atoms with van der Waals surface area (Å²) < 4.78 is 40.1. The maximum atomic E-state index is 13.1. The largest absolute Gasteiger partial charge is 0.453 e. The maximum absolute atomic E-state index is 13.1. The van der Waals surface area contributed by atoms with Crippen LogP contribution in [0.3, 0.4) is 0 Å². The number of alkyl halides is 3. The van der Waals surface area contributed by atoms with Crippen molar-refractivity contribution in [3.8, 4) is 0 Å². The number of nitrogens with zero attached hydrogens (tertiary/aromatic N) is 4. The summed E-state index contributed by atoms with van der Waals surface area (Å²) in [5.74, 6) is 2.42. The molecular formula is C16H18F3N5. The number of hydrogen-bond donors (Lipinski definition) is 1. The number of fused-ring (bicyclic) bond motifs is 6. The lowest BCUT2D eigenvalue weighted by Gasteiger charge is -2.15. The van der Waals surface area contributed by atoms with Gasteiger partial charge in [0, 0.05) is 11.6 Å². The highest BCUT2D eigenvalue weighted by atomic mass is 19.4. The quantitative estimate of drug-likeness (QED) is 0.914. The van der Waals surface area contributed by atoms with Gasteiger partial charge in [0.05, 0.1) is 0 Å². The van der Waals surface area contributed by atoms with Crippen molar-refractivity contribution in [1.82, 2.24) is 19.8 Å². The van der Waals surface area contributed by atoms with Gasteiger partial charge in [-0.1, -0.05) is 0 Å². The number of hydrogen-bond acceptors (Lipinski definition) is 4. The van der Waals surface area contributed by atoms with E-state index in [0.717, 1.165) is 21.9 Å². The van der Waals surface area contributed by atoms with Gasteiger partial charge in [-0.05, 0) is 62.3 Å². The predicted molar refractivity (Wildman–Crippen MR) is 80.5 cm³/mol. The van der Waals surface area contributed by atoms with E-state index in [1.807, 2.05) is 6.92 Å². The van der Waals surface area contributed by atoms with Crippen LogP contribution >= 0.6 is 0 Å². The lowest BCUT2D eigenvalue weighted by atomic mass is 10.0. The molecule has 2 aromatic rings. The van der Waals surface area contributed by atoms with Crippen LogP contribution in [0.15, 0.2) is 0 Å². The van der Waals surface area contributed by atoms with Gasteiger partial charge in [0.2, 0.25) is 0 Å². The fourth-order valence-corrected chi connectivity index (χ4v) is 5.12. The lowest BCUT2D eigenvalue weighted by Crippen LogP contribution is -2.18. The molecule has 8 heteroatoms. The second-order valence-electron chi connectivity index (χ2n) is 7.51. The van der Waals surface area contributed by atoms with Gasteiger partial charge >= 0.3 is 6.18 Å². The molecule has 0 spiro atoms. The summed E-state index contributed by atoms with van der Waals surface area (Å²) >= 11 is 0. The number of aryl methyl sites for hydroxylation is 1. The molecule has 0 radical (unpaired) electrons. The van der Waals surface area contributed by atoms with Crippen LogP contribution in [0.1, 0.15) is 36.2 Å². The highest BCUT2D eigenvalue weighted by molar-refractivity contribution is 5.59. The average molecular weight is 337 g/mol. The van der Waals surface area contributed by atoms with Gasteiger partial charge in [0.15, 0.2) is 11.5 Å². The molecule has 3 fully saturated rings. The summed E-state index contributed by atoms with van der Waals surface area (Å²) in [7, 11) is 0. The maximum Gasteiger partial charge on any atom is 0.453 e. The van der Waals surface area contributed by atoms with E-state index in [1.165, 1.54) is 19.3 Å². The summed E-state index contributed by atoms with van der Waals surface area (Å²) in [4.78, 5) is 0. The predicted octanol–water partition coefficient (Wildman–Crippen LogP) is 3.22. The minimum absolute atomic E-state index is 0.168. The van der Waals surface area contributed by atoms with Crippen molar-refractivity contribution in [3.05, 3.63) is 17.0 Å². The summed E-state index contributed by atoms with van der Waals surface area (Å²) in [6, 6.07) is 0.366. The molecule has 0 saturated heterocycles. The molecule has 3 aliphatic carbocycles. The summed E-state index contributed by atoms with van der Waals surface area (Å²) in [6.07, 6.45) is -0.626. The highest BCUT2D eigenvalue weighted by Gasteiger charge is 2.65. The highest BCUT2D eigenvalue weighted by Crippen LogP contribution is 2.66. The molecule has 5 rings (SSSR count). The third kappa shape index (κ3) is 1.79. The van der Waals surface area contributed by atoms with Crippen molar-refractivity contribution in [3.63, 3.8) is 0 Å². The Morgan fingerprint density at radius 3 is 2.33 bits per heavy atom. The molecule has 24 heavy (non-hydrogen) atoms. The monoisotopic (exact) mass is 337 g/mol. The van der Waals surface area contributed by atoms with Crippen LogP contribution in [0.4, 0.5) is 19.0 Å². The Balaban J connectivity index is 1.53. The number of nitrogens with one attached hydrogen (secondary N) is 1. The van der Waals surface area contributed by atoms with Crippen LogP contribution in [0.2, 0.25) is 0 Å². The first-order valence-electron chi connectivity index (χ1n) is 8.42. The Labute approximate surface area is 136 Å². The van der Waals surface area contributed by atoms with Crippen molar-refractivity contribution in [2.75, 3.05) is 5.32 Å². The van der Waals surface area contributed by atoms with Crippen LogP contribution in [0.5, 0.6) is 0 Å². The molecule has 3 saturated carbocycles. The lowest BCUT2D eigenvalue weighted by molar-refractivity contribution is -0.146. The van der Waals surface area contributed by atoms with E-state index in [0.29, 0.717) is 29.3 Å². The summed E-state index contributed by atoms with van der Waals surface area (Å²) in [6.45, 7) is 3.64. The Morgan fingerprint density at radius 1 is 1.04 bits per heavy atom. The molecule has 3 aliphatic rings. The van der Waals surface area contributed by atoms with E-state index in [2.05, 4.69) is 20.6 Å². The molecule has 128 valence electrons. The van der Waals surface area contributed by atoms with E-state index in [9.17, 15) is 13.2 Å². The zero-order chi connectivity index (χ0) is 16.8. The smallest absolute Gasteiger partial charge is 0.365 e. The molecule has 5 nitrogen and oxygen atoms in total. The molecule has 4 unspecified atom stereocenters. The number of rotatable bonds is 2. The van der Waals surface area contributed by atoms with E-state index in [-0.39, 0.29) is 5.65 Å². The third-order valence-electron chi connectivity index (χ3n) is 6.39. The Morgan fingerprint density at radius 2 is 1.71 bits per heavy atom. The van der Waals surface area contributed by atoms with Crippen molar-refractivity contribution in [1.29, 1.82) is 0 Å². The molecule has 2 aromatic heterocycles. The van der Waals surface area contributed by atoms with E-state index in [1.54, 1.807) is 6.92 Å². The van der Waals surface area contributed by atoms with Gasteiger partial charge in [-0.15, -0.1) is 15.3 Å². The SMILES string of the molecule is Cc1c(NC2C3C4CCC(C4)C23)nn2c(C(F)(F)F)nnc2c1C. The number of aromatic nitrogens is 4. The van der Waals surface area contributed by atoms with Crippen molar-refractivity contribution in [2.45, 2.75) is 45.3 Å². The molecule has 1 N–H and O–H groups in total. The standard InChI is InChI=1S/C16H18F3N5/c1-6-7(2)14-21-22-15(16(17,18)19)24(14)23-13(6)20-12-10-8-3-4-9(5-8)11(10)12/h8-12H,3-5H2,1-2H3,(H,20,23). The molecule has 0 aliphatic heterocycles. The third-order valence-corrected chi connectivity index (χ3v) is 6.39.